The van der Waals surface area contributed by atoms with Crippen LogP contribution in [-0.4, -0.2) is 71.4 Å². The second-order valence-corrected chi connectivity index (χ2v) is 12.1. The van der Waals surface area contributed by atoms with Gasteiger partial charge in [-0.2, -0.15) is 9.78 Å². The van der Waals surface area contributed by atoms with Gasteiger partial charge in [-0.05, 0) is 96.5 Å². The SMILES string of the molecule is O=C(O)Nc1ccc(-c2cc([C@H](CC3CCCN(C(=O)C4CC4)C3)NC(=O)C=Cc3cc(Cl)ccc3-n3cnnn3)n[nH]c2=O)cc1. The Kier molecular flexibility index (Phi) is 9.38. The van der Waals surface area contributed by atoms with Gasteiger partial charge in [-0.1, -0.05) is 23.7 Å². The third kappa shape index (κ3) is 7.90. The third-order valence-corrected chi connectivity index (χ3v) is 8.51. The molecular formula is C32H32ClN9O5. The lowest BCUT2D eigenvalue weighted by molar-refractivity contribution is -0.134. The fourth-order valence-corrected chi connectivity index (χ4v) is 6.01. The smallest absolute Gasteiger partial charge is 0.409 e. The van der Waals surface area contributed by atoms with Gasteiger partial charge in [0.15, 0.2) is 0 Å². The number of likely N-dealkylation sites (tertiary alicyclic amines) is 1. The van der Waals surface area contributed by atoms with Crippen molar-refractivity contribution in [2.75, 3.05) is 18.4 Å². The number of aromatic nitrogens is 6. The summed E-state index contributed by atoms with van der Waals surface area (Å²) < 4.78 is 1.46. The van der Waals surface area contributed by atoms with Gasteiger partial charge in [-0.25, -0.2) is 9.89 Å². The number of halogens is 1. The van der Waals surface area contributed by atoms with Gasteiger partial charge >= 0.3 is 6.09 Å². The van der Waals surface area contributed by atoms with Gasteiger partial charge in [0.2, 0.25) is 11.8 Å². The highest BCUT2D eigenvalue weighted by molar-refractivity contribution is 6.30. The number of tetrazole rings is 1. The highest BCUT2D eigenvalue weighted by Gasteiger charge is 2.36. The Balaban J connectivity index is 1.27. The molecule has 1 saturated heterocycles. The van der Waals surface area contributed by atoms with Crippen LogP contribution in [0.5, 0.6) is 0 Å². The number of carboxylic acid groups (broad SMARTS) is 1. The maximum Gasteiger partial charge on any atom is 0.409 e. The minimum Gasteiger partial charge on any atom is -0.465 e. The summed E-state index contributed by atoms with van der Waals surface area (Å²) in [4.78, 5) is 52.1. The van der Waals surface area contributed by atoms with Gasteiger partial charge in [0.25, 0.3) is 5.56 Å². The number of H-pyrrole nitrogens is 1. The number of hydrogen-bond acceptors (Lipinski definition) is 8. The molecule has 0 spiro atoms. The zero-order chi connectivity index (χ0) is 32.9. The van der Waals surface area contributed by atoms with Crippen molar-refractivity contribution in [2.45, 2.75) is 38.1 Å². The van der Waals surface area contributed by atoms with E-state index in [0.29, 0.717) is 51.7 Å². The Morgan fingerprint density at radius 1 is 1.11 bits per heavy atom. The van der Waals surface area contributed by atoms with Gasteiger partial charge in [0.1, 0.15) is 6.33 Å². The standard InChI is InChI=1S/C32H32ClN9O5/c33-23-8-11-28(42-18-34-39-40-42)22(15-23)7-12-29(43)36-26(14-19-2-1-13-41(17-19)31(45)21-3-4-21)27-16-25(30(44)38-37-27)20-5-9-24(10-6-20)35-32(46)47/h5-12,15-16,18-19,21,26,35H,1-4,13-14,17H2,(H,36,43)(H,38,44)(H,46,47)/t19?,26-/m0/s1. The molecule has 242 valence electrons. The first kappa shape index (κ1) is 31.6. The molecule has 47 heavy (non-hydrogen) atoms. The summed E-state index contributed by atoms with van der Waals surface area (Å²) in [5.74, 6) is 0.0136. The zero-order valence-corrected chi connectivity index (χ0v) is 25.9. The Hall–Kier alpha value is -5.37. The molecule has 3 amide bonds. The number of carbonyl (C=O) groups is 3. The van der Waals surface area contributed by atoms with E-state index in [9.17, 15) is 19.2 Å². The van der Waals surface area contributed by atoms with E-state index in [0.717, 1.165) is 32.2 Å². The van der Waals surface area contributed by atoms with Gasteiger partial charge in [0, 0.05) is 41.4 Å². The monoisotopic (exact) mass is 657 g/mol. The number of aromatic amines is 1. The minimum absolute atomic E-state index is 0.0960. The quantitative estimate of drug-likeness (QED) is 0.182. The van der Waals surface area contributed by atoms with Crippen LogP contribution in [0.3, 0.4) is 0 Å². The summed E-state index contributed by atoms with van der Waals surface area (Å²) >= 11 is 6.24. The van der Waals surface area contributed by atoms with Crippen molar-refractivity contribution in [3.8, 4) is 16.8 Å². The van der Waals surface area contributed by atoms with Crippen molar-refractivity contribution in [3.63, 3.8) is 0 Å². The fourth-order valence-electron chi connectivity index (χ4n) is 5.83. The van der Waals surface area contributed by atoms with Gasteiger partial charge in [0.05, 0.1) is 23.0 Å². The average Bonchev–Trinajstić information content (AvgIpc) is 3.77. The van der Waals surface area contributed by atoms with Crippen molar-refractivity contribution in [1.82, 2.24) is 40.6 Å². The molecule has 4 aromatic rings. The van der Waals surface area contributed by atoms with Crippen LogP contribution in [0.15, 0.2) is 65.7 Å². The van der Waals surface area contributed by atoms with Gasteiger partial charge in [-0.15, -0.1) is 5.10 Å². The number of nitrogens with zero attached hydrogens (tertiary/aromatic N) is 6. The molecule has 15 heteroatoms. The van der Waals surface area contributed by atoms with Gasteiger partial charge in [-0.3, -0.25) is 19.7 Å². The maximum absolute atomic E-state index is 13.4. The van der Waals surface area contributed by atoms with E-state index in [2.05, 4.69) is 36.4 Å². The van der Waals surface area contributed by atoms with Crippen molar-refractivity contribution >= 4 is 41.3 Å². The number of amides is 3. The number of benzene rings is 2. The fraction of sp³-hybridized carbons (Fsp3) is 0.312. The minimum atomic E-state index is -1.20. The Labute approximate surface area is 273 Å². The molecule has 1 unspecified atom stereocenters. The molecule has 1 aliphatic carbocycles. The van der Waals surface area contributed by atoms with Crippen molar-refractivity contribution in [1.29, 1.82) is 0 Å². The van der Waals surface area contributed by atoms with Crippen LogP contribution in [0, 0.1) is 11.8 Å². The van der Waals surface area contributed by atoms with E-state index < -0.39 is 23.6 Å². The number of piperidine rings is 1. The Morgan fingerprint density at radius 3 is 2.64 bits per heavy atom. The Bertz CT molecular complexity index is 1860. The topological polar surface area (TPSA) is 188 Å². The van der Waals surface area contributed by atoms with E-state index in [1.165, 1.54) is 17.1 Å². The van der Waals surface area contributed by atoms with E-state index in [1.54, 1.807) is 54.6 Å². The lowest BCUT2D eigenvalue weighted by atomic mass is 9.89. The highest BCUT2D eigenvalue weighted by Crippen LogP contribution is 2.34. The molecule has 2 atom stereocenters. The second kappa shape index (κ2) is 14.0. The highest BCUT2D eigenvalue weighted by atomic mass is 35.5. The lowest BCUT2D eigenvalue weighted by Gasteiger charge is -2.34. The van der Waals surface area contributed by atoms with Crippen LogP contribution in [0.25, 0.3) is 22.9 Å². The molecule has 6 rings (SSSR count). The molecule has 4 N–H and O–H groups in total. The van der Waals surface area contributed by atoms with E-state index >= 15 is 0 Å². The predicted molar refractivity (Wildman–Crippen MR) is 173 cm³/mol. The number of anilines is 1. The van der Waals surface area contributed by atoms with Crippen LogP contribution < -0.4 is 16.2 Å². The van der Waals surface area contributed by atoms with Crippen LogP contribution in [0.1, 0.15) is 49.4 Å². The van der Waals surface area contributed by atoms with Gasteiger partial charge < -0.3 is 15.3 Å². The molecule has 0 radical (unpaired) electrons. The molecule has 14 nitrogen and oxygen atoms in total. The Morgan fingerprint density at radius 2 is 1.91 bits per heavy atom. The van der Waals surface area contributed by atoms with Crippen molar-refractivity contribution in [2.24, 2.45) is 11.8 Å². The lowest BCUT2D eigenvalue weighted by Crippen LogP contribution is -2.42. The number of rotatable bonds is 10. The molecule has 0 bridgehead atoms. The van der Waals surface area contributed by atoms with E-state index in [4.69, 9.17) is 16.7 Å². The van der Waals surface area contributed by atoms with Crippen LogP contribution in [-0.2, 0) is 9.59 Å². The summed E-state index contributed by atoms with van der Waals surface area (Å²) in [7, 11) is 0. The van der Waals surface area contributed by atoms with E-state index in [1.807, 2.05) is 4.90 Å². The molecule has 1 saturated carbocycles. The summed E-state index contributed by atoms with van der Waals surface area (Å²) in [6.07, 6.45) is 7.34. The van der Waals surface area contributed by atoms with Crippen LogP contribution >= 0.6 is 11.6 Å². The molecule has 2 fully saturated rings. The second-order valence-electron chi connectivity index (χ2n) is 11.7. The van der Waals surface area contributed by atoms with Crippen LogP contribution in [0.4, 0.5) is 10.5 Å². The van der Waals surface area contributed by atoms with Crippen molar-refractivity contribution < 1.29 is 19.5 Å². The zero-order valence-electron chi connectivity index (χ0n) is 25.2. The van der Waals surface area contributed by atoms with Crippen molar-refractivity contribution in [3.05, 3.63) is 87.6 Å². The number of carbonyl (C=O) groups excluding carboxylic acids is 2. The maximum atomic E-state index is 13.4. The molecule has 2 aliphatic rings. The summed E-state index contributed by atoms with van der Waals surface area (Å²) in [6.45, 7) is 1.31. The molecule has 2 aromatic carbocycles. The van der Waals surface area contributed by atoms with Crippen LogP contribution in [0.2, 0.25) is 5.02 Å². The first-order valence-corrected chi connectivity index (χ1v) is 15.6. The summed E-state index contributed by atoms with van der Waals surface area (Å²) in [6, 6.07) is 12.5. The molecule has 3 heterocycles. The van der Waals surface area contributed by atoms with E-state index in [-0.39, 0.29) is 17.7 Å². The average molecular weight is 658 g/mol. The normalized spacial score (nSPS) is 17.0. The first-order valence-electron chi connectivity index (χ1n) is 15.2. The summed E-state index contributed by atoms with van der Waals surface area (Å²) in [5, 5.41) is 33.0. The molecule has 2 aromatic heterocycles. The number of hydrogen-bond donors (Lipinski definition) is 4. The predicted octanol–water partition coefficient (Wildman–Crippen LogP) is 4.07. The third-order valence-electron chi connectivity index (χ3n) is 8.27. The largest absolute Gasteiger partial charge is 0.465 e. The first-order chi connectivity index (χ1) is 22.7. The molecular weight excluding hydrogens is 626 g/mol. The number of nitrogens with one attached hydrogen (secondary N) is 3. The molecule has 1 aliphatic heterocycles. The summed E-state index contributed by atoms with van der Waals surface area (Å²) in [5.41, 5.74) is 2.46.